The second kappa shape index (κ2) is 6.72. The van der Waals surface area contributed by atoms with Gasteiger partial charge in [0, 0.05) is 12.6 Å². The van der Waals surface area contributed by atoms with E-state index in [0.29, 0.717) is 18.4 Å². The summed E-state index contributed by atoms with van der Waals surface area (Å²) in [5, 5.41) is 8.67. The molecule has 0 aliphatic carbocycles. The van der Waals surface area contributed by atoms with Crippen molar-refractivity contribution in [3.8, 4) is 5.75 Å². The number of nitrogens with two attached hydrogens (primary N) is 1. The molecule has 0 bridgehead atoms. The van der Waals surface area contributed by atoms with Gasteiger partial charge in [-0.3, -0.25) is 0 Å². The van der Waals surface area contributed by atoms with Crippen molar-refractivity contribution >= 4 is 0 Å². The lowest BCUT2D eigenvalue weighted by Gasteiger charge is -2.18. The molecule has 0 unspecified atom stereocenters. The van der Waals surface area contributed by atoms with Crippen LogP contribution in [0.5, 0.6) is 5.75 Å². The molecule has 1 atom stereocenters. The Labute approximate surface area is 108 Å². The molecule has 0 amide bonds. The third kappa shape index (κ3) is 4.68. The van der Waals surface area contributed by atoms with E-state index in [1.165, 1.54) is 12.1 Å². The maximum atomic E-state index is 12.7. The molecule has 0 aromatic heterocycles. The van der Waals surface area contributed by atoms with Crippen molar-refractivity contribution in [2.75, 3.05) is 6.61 Å². The molecule has 19 heavy (non-hydrogen) atoms. The van der Waals surface area contributed by atoms with E-state index in [0.717, 1.165) is 6.07 Å². The molecular weight excluding hydrogens is 266 g/mol. The quantitative estimate of drug-likeness (QED) is 0.755. The number of hydrogen-bond donors (Lipinski definition) is 2. The van der Waals surface area contributed by atoms with Crippen LogP contribution in [0.4, 0.5) is 17.6 Å². The SMILES string of the molecule is N[C@@H](CCCO)c1cccc(OC(F)(F)C(F)F)c1. The van der Waals surface area contributed by atoms with Crippen LogP contribution in [-0.4, -0.2) is 24.2 Å². The van der Waals surface area contributed by atoms with E-state index in [4.69, 9.17) is 10.8 Å². The Kier molecular flexibility index (Phi) is 5.56. The molecule has 0 aliphatic heterocycles. The second-order valence-electron chi connectivity index (χ2n) is 4.01. The molecule has 0 saturated heterocycles. The lowest BCUT2D eigenvalue weighted by Crippen LogP contribution is -2.33. The number of aliphatic hydroxyl groups excluding tert-OH is 1. The third-order valence-electron chi connectivity index (χ3n) is 2.47. The molecule has 0 heterocycles. The summed E-state index contributed by atoms with van der Waals surface area (Å²) in [5.41, 5.74) is 6.25. The number of hydrogen-bond acceptors (Lipinski definition) is 3. The van der Waals surface area contributed by atoms with Gasteiger partial charge in [-0.15, -0.1) is 0 Å². The summed E-state index contributed by atoms with van der Waals surface area (Å²) in [6.45, 7) is -0.0344. The highest BCUT2D eigenvalue weighted by Gasteiger charge is 2.43. The van der Waals surface area contributed by atoms with Crippen molar-refractivity contribution in [3.63, 3.8) is 0 Å². The normalized spacial score (nSPS) is 13.6. The van der Waals surface area contributed by atoms with Gasteiger partial charge in [0.1, 0.15) is 5.75 Å². The minimum absolute atomic E-state index is 0.0344. The highest BCUT2D eigenvalue weighted by Crippen LogP contribution is 2.29. The van der Waals surface area contributed by atoms with Crippen molar-refractivity contribution in [1.29, 1.82) is 0 Å². The fraction of sp³-hybridized carbons (Fsp3) is 0.500. The van der Waals surface area contributed by atoms with E-state index in [1.54, 1.807) is 6.07 Å². The van der Waals surface area contributed by atoms with Crippen LogP contribution in [0.1, 0.15) is 24.4 Å². The molecule has 1 aromatic carbocycles. The summed E-state index contributed by atoms with van der Waals surface area (Å²) in [6.07, 6.45) is -7.53. The lowest BCUT2D eigenvalue weighted by atomic mass is 10.0. The van der Waals surface area contributed by atoms with Crippen LogP contribution in [0.15, 0.2) is 24.3 Å². The molecule has 0 spiro atoms. The number of ether oxygens (including phenoxy) is 1. The summed E-state index contributed by atoms with van der Waals surface area (Å²) in [4.78, 5) is 0. The number of halogens is 4. The monoisotopic (exact) mass is 281 g/mol. The molecule has 0 radical (unpaired) electrons. The Morgan fingerprint density at radius 2 is 2.00 bits per heavy atom. The first-order valence-electron chi connectivity index (χ1n) is 5.68. The van der Waals surface area contributed by atoms with Gasteiger partial charge in [0.15, 0.2) is 0 Å². The molecule has 108 valence electrons. The van der Waals surface area contributed by atoms with Gasteiger partial charge in [0.25, 0.3) is 0 Å². The minimum atomic E-state index is -4.53. The summed E-state index contributed by atoms with van der Waals surface area (Å²) in [6, 6.07) is 4.84. The van der Waals surface area contributed by atoms with Gasteiger partial charge in [0.05, 0.1) is 0 Å². The van der Waals surface area contributed by atoms with Crippen LogP contribution in [0.2, 0.25) is 0 Å². The predicted octanol–water partition coefficient (Wildman–Crippen LogP) is 2.70. The molecule has 3 N–H and O–H groups in total. The Morgan fingerprint density at radius 1 is 1.32 bits per heavy atom. The fourth-order valence-corrected chi connectivity index (χ4v) is 1.49. The van der Waals surface area contributed by atoms with Gasteiger partial charge in [-0.2, -0.15) is 17.6 Å². The van der Waals surface area contributed by atoms with Crippen LogP contribution >= 0.6 is 0 Å². The average Bonchev–Trinajstić information content (AvgIpc) is 2.35. The Bertz CT molecular complexity index is 401. The van der Waals surface area contributed by atoms with Crippen molar-refractivity contribution in [2.24, 2.45) is 5.73 Å². The zero-order valence-electron chi connectivity index (χ0n) is 10.0. The number of benzene rings is 1. The van der Waals surface area contributed by atoms with E-state index < -0.39 is 18.6 Å². The van der Waals surface area contributed by atoms with Crippen molar-refractivity contribution in [2.45, 2.75) is 31.4 Å². The Morgan fingerprint density at radius 3 is 2.58 bits per heavy atom. The zero-order chi connectivity index (χ0) is 14.5. The lowest BCUT2D eigenvalue weighted by molar-refractivity contribution is -0.253. The van der Waals surface area contributed by atoms with Crippen molar-refractivity contribution in [3.05, 3.63) is 29.8 Å². The van der Waals surface area contributed by atoms with Gasteiger partial charge < -0.3 is 15.6 Å². The topological polar surface area (TPSA) is 55.5 Å². The van der Waals surface area contributed by atoms with E-state index >= 15 is 0 Å². The van der Waals surface area contributed by atoms with E-state index in [-0.39, 0.29) is 12.4 Å². The first kappa shape index (κ1) is 15.7. The largest absolute Gasteiger partial charge is 0.461 e. The number of alkyl halides is 4. The average molecular weight is 281 g/mol. The van der Waals surface area contributed by atoms with Crippen LogP contribution in [0.25, 0.3) is 0 Å². The van der Waals surface area contributed by atoms with E-state index in [2.05, 4.69) is 4.74 Å². The highest BCUT2D eigenvalue weighted by molar-refractivity contribution is 5.30. The molecule has 0 fully saturated rings. The number of rotatable bonds is 7. The first-order chi connectivity index (χ1) is 8.86. The standard InChI is InChI=1S/C12H15F4NO2/c13-11(14)12(15,16)19-9-4-1-3-8(7-9)10(17)5-2-6-18/h1,3-4,7,10-11,18H,2,5-6,17H2/t10-/m0/s1. The van der Waals surface area contributed by atoms with Gasteiger partial charge in [0.2, 0.25) is 0 Å². The van der Waals surface area contributed by atoms with Gasteiger partial charge in [-0.1, -0.05) is 12.1 Å². The molecule has 1 aromatic rings. The van der Waals surface area contributed by atoms with Gasteiger partial charge >= 0.3 is 12.5 Å². The zero-order valence-corrected chi connectivity index (χ0v) is 10.0. The molecule has 0 aliphatic rings. The fourth-order valence-electron chi connectivity index (χ4n) is 1.49. The molecule has 1 rings (SSSR count). The summed E-state index contributed by atoms with van der Waals surface area (Å²) < 4.78 is 53.4. The van der Waals surface area contributed by atoms with Crippen LogP contribution in [-0.2, 0) is 0 Å². The predicted molar refractivity (Wildman–Crippen MR) is 61.3 cm³/mol. The smallest absolute Gasteiger partial charge is 0.428 e. The van der Waals surface area contributed by atoms with Gasteiger partial charge in [-0.05, 0) is 30.5 Å². The molecule has 0 saturated carbocycles. The van der Waals surface area contributed by atoms with Gasteiger partial charge in [-0.25, -0.2) is 0 Å². The maximum Gasteiger partial charge on any atom is 0.461 e. The Balaban J connectivity index is 2.77. The second-order valence-corrected chi connectivity index (χ2v) is 4.01. The number of aliphatic hydroxyl groups is 1. The summed E-state index contributed by atoms with van der Waals surface area (Å²) in [7, 11) is 0. The van der Waals surface area contributed by atoms with Crippen molar-refractivity contribution < 1.29 is 27.4 Å². The van der Waals surface area contributed by atoms with Crippen LogP contribution in [0, 0.1) is 0 Å². The summed E-state index contributed by atoms with van der Waals surface area (Å²) >= 11 is 0. The van der Waals surface area contributed by atoms with Crippen LogP contribution < -0.4 is 10.5 Å². The first-order valence-corrected chi connectivity index (χ1v) is 5.68. The third-order valence-corrected chi connectivity index (χ3v) is 2.47. The van der Waals surface area contributed by atoms with E-state index in [1.807, 2.05) is 0 Å². The minimum Gasteiger partial charge on any atom is -0.428 e. The molecular formula is C12H15F4NO2. The van der Waals surface area contributed by atoms with Crippen molar-refractivity contribution in [1.82, 2.24) is 0 Å². The highest BCUT2D eigenvalue weighted by atomic mass is 19.3. The van der Waals surface area contributed by atoms with E-state index in [9.17, 15) is 17.6 Å². The maximum absolute atomic E-state index is 12.7. The molecule has 7 heteroatoms. The Hall–Kier alpha value is -1.34. The van der Waals surface area contributed by atoms with Crippen LogP contribution in [0.3, 0.4) is 0 Å². The molecule has 3 nitrogen and oxygen atoms in total. The summed E-state index contributed by atoms with van der Waals surface area (Å²) in [5.74, 6) is -0.373.